The van der Waals surface area contributed by atoms with Crippen molar-refractivity contribution in [2.45, 2.75) is 39.2 Å². The average molecular weight is 296 g/mol. The van der Waals surface area contributed by atoms with E-state index in [1.165, 1.54) is 17.7 Å². The lowest BCUT2D eigenvalue weighted by Crippen LogP contribution is -2.38. The van der Waals surface area contributed by atoms with E-state index in [0.717, 1.165) is 5.56 Å². The first-order chi connectivity index (χ1) is 10.3. The number of aliphatic hydroxyl groups is 1. The molecule has 0 radical (unpaired) electrons. The minimum absolute atomic E-state index is 0.0374. The van der Waals surface area contributed by atoms with Gasteiger partial charge in [0.1, 0.15) is 0 Å². The summed E-state index contributed by atoms with van der Waals surface area (Å²) in [5.74, 6) is -0.223. The number of aliphatic hydroxyl groups excluding tert-OH is 1. The second kappa shape index (κ2) is 5.03. The number of rotatable bonds is 1. The molecule has 1 N–H and O–H groups in total. The molecule has 1 aromatic carbocycles. The fourth-order valence-corrected chi connectivity index (χ4v) is 3.68. The standard InChI is InChI=1S/C19H20O3/c1-11-4-9-17(22)19(2,3)18(11)12-5-6-13-14(10-12)16(21)8-7-15(13)20/h4-8,10,17-18,22H,9H2,1-3H3/t17-,18+/m1/s1. The van der Waals surface area contributed by atoms with Crippen LogP contribution in [-0.2, 0) is 0 Å². The van der Waals surface area contributed by atoms with Gasteiger partial charge in [0, 0.05) is 22.5 Å². The Kier molecular flexibility index (Phi) is 3.41. The molecule has 2 aliphatic carbocycles. The highest BCUT2D eigenvalue weighted by Gasteiger charge is 2.40. The van der Waals surface area contributed by atoms with E-state index in [4.69, 9.17) is 0 Å². The summed E-state index contributed by atoms with van der Waals surface area (Å²) < 4.78 is 0. The quantitative estimate of drug-likeness (QED) is 0.808. The summed E-state index contributed by atoms with van der Waals surface area (Å²) in [6.07, 6.45) is 4.95. The van der Waals surface area contributed by atoms with E-state index in [-0.39, 0.29) is 22.9 Å². The molecule has 3 heteroatoms. The number of benzene rings is 1. The van der Waals surface area contributed by atoms with E-state index >= 15 is 0 Å². The van der Waals surface area contributed by atoms with Gasteiger partial charge in [0.05, 0.1) is 6.10 Å². The van der Waals surface area contributed by atoms with Crippen LogP contribution in [0.2, 0.25) is 0 Å². The van der Waals surface area contributed by atoms with Crippen molar-refractivity contribution in [3.8, 4) is 0 Å². The highest BCUT2D eigenvalue weighted by Crippen LogP contribution is 2.47. The Labute approximate surface area is 130 Å². The molecule has 3 nitrogen and oxygen atoms in total. The molecule has 0 saturated heterocycles. The van der Waals surface area contributed by atoms with Crippen LogP contribution in [-0.4, -0.2) is 22.8 Å². The lowest BCUT2D eigenvalue weighted by atomic mass is 9.64. The Hall–Kier alpha value is -2.00. The Morgan fingerprint density at radius 2 is 1.73 bits per heavy atom. The molecule has 22 heavy (non-hydrogen) atoms. The number of fused-ring (bicyclic) bond motifs is 1. The van der Waals surface area contributed by atoms with Crippen LogP contribution >= 0.6 is 0 Å². The molecule has 0 bridgehead atoms. The average Bonchev–Trinajstić information content (AvgIpc) is 2.47. The zero-order valence-corrected chi connectivity index (χ0v) is 13.1. The van der Waals surface area contributed by atoms with Crippen molar-refractivity contribution in [1.29, 1.82) is 0 Å². The molecular formula is C19H20O3. The maximum absolute atomic E-state index is 12.1. The summed E-state index contributed by atoms with van der Waals surface area (Å²) in [4.78, 5) is 23.9. The van der Waals surface area contributed by atoms with Gasteiger partial charge in [-0.05, 0) is 37.1 Å². The van der Waals surface area contributed by atoms with E-state index in [1.807, 2.05) is 26.0 Å². The van der Waals surface area contributed by atoms with Gasteiger partial charge in [0.25, 0.3) is 0 Å². The predicted molar refractivity (Wildman–Crippen MR) is 85.1 cm³/mol. The van der Waals surface area contributed by atoms with Crippen molar-refractivity contribution in [3.05, 3.63) is 58.7 Å². The van der Waals surface area contributed by atoms with Gasteiger partial charge in [0.2, 0.25) is 0 Å². The molecule has 0 aliphatic heterocycles. The summed E-state index contributed by atoms with van der Waals surface area (Å²) in [6, 6.07) is 5.46. The Balaban J connectivity index is 2.12. The fourth-order valence-electron chi connectivity index (χ4n) is 3.68. The molecule has 0 saturated carbocycles. The SMILES string of the molecule is CC1=CC[C@@H](O)C(C)(C)[C@@H]1c1ccc2c(c1)C(=O)C=CC2=O. The van der Waals surface area contributed by atoms with Crippen molar-refractivity contribution in [2.24, 2.45) is 5.41 Å². The first kappa shape index (κ1) is 14.9. The van der Waals surface area contributed by atoms with Gasteiger partial charge < -0.3 is 5.11 Å². The lowest BCUT2D eigenvalue weighted by molar-refractivity contribution is 0.0326. The highest BCUT2D eigenvalue weighted by atomic mass is 16.3. The van der Waals surface area contributed by atoms with Crippen LogP contribution in [0.25, 0.3) is 0 Å². The summed E-state index contributed by atoms with van der Waals surface area (Å²) in [6.45, 7) is 6.15. The van der Waals surface area contributed by atoms with E-state index in [2.05, 4.69) is 13.0 Å². The van der Waals surface area contributed by atoms with Crippen LogP contribution < -0.4 is 0 Å². The van der Waals surface area contributed by atoms with Gasteiger partial charge in [-0.1, -0.05) is 37.6 Å². The molecule has 114 valence electrons. The zero-order valence-electron chi connectivity index (χ0n) is 13.1. The predicted octanol–water partition coefficient (Wildman–Crippen LogP) is 3.44. The molecule has 0 spiro atoms. The second-order valence-corrected chi connectivity index (χ2v) is 6.82. The Bertz CT molecular complexity index is 722. The smallest absolute Gasteiger partial charge is 0.186 e. The number of hydrogen-bond acceptors (Lipinski definition) is 3. The van der Waals surface area contributed by atoms with Crippen molar-refractivity contribution < 1.29 is 14.7 Å². The molecular weight excluding hydrogens is 276 g/mol. The molecule has 3 rings (SSSR count). The maximum Gasteiger partial charge on any atom is 0.186 e. The number of hydrogen-bond donors (Lipinski definition) is 1. The number of carbonyl (C=O) groups is 2. The monoisotopic (exact) mass is 296 g/mol. The van der Waals surface area contributed by atoms with Crippen LogP contribution in [0.4, 0.5) is 0 Å². The van der Waals surface area contributed by atoms with Gasteiger partial charge in [-0.3, -0.25) is 9.59 Å². The van der Waals surface area contributed by atoms with Crippen molar-refractivity contribution in [3.63, 3.8) is 0 Å². The maximum atomic E-state index is 12.1. The topological polar surface area (TPSA) is 54.4 Å². The molecule has 1 aromatic rings. The zero-order chi connectivity index (χ0) is 16.1. The molecule has 2 atom stereocenters. The summed E-state index contributed by atoms with van der Waals surface area (Å²) >= 11 is 0. The van der Waals surface area contributed by atoms with Crippen LogP contribution in [0.15, 0.2) is 42.0 Å². The number of carbonyl (C=O) groups excluding carboxylic acids is 2. The molecule has 0 unspecified atom stereocenters. The largest absolute Gasteiger partial charge is 0.392 e. The van der Waals surface area contributed by atoms with Crippen molar-refractivity contribution in [1.82, 2.24) is 0 Å². The van der Waals surface area contributed by atoms with E-state index in [9.17, 15) is 14.7 Å². The van der Waals surface area contributed by atoms with Crippen LogP contribution in [0.3, 0.4) is 0 Å². The number of ketones is 2. The first-order valence-corrected chi connectivity index (χ1v) is 7.58. The second-order valence-electron chi connectivity index (χ2n) is 6.82. The lowest BCUT2D eigenvalue weighted by Gasteiger charge is -2.42. The normalized spacial score (nSPS) is 26.6. The Morgan fingerprint density at radius 3 is 2.41 bits per heavy atom. The molecule has 0 aromatic heterocycles. The van der Waals surface area contributed by atoms with Gasteiger partial charge in [-0.2, -0.15) is 0 Å². The van der Waals surface area contributed by atoms with Gasteiger partial charge in [-0.15, -0.1) is 0 Å². The fraction of sp³-hybridized carbons (Fsp3) is 0.368. The van der Waals surface area contributed by atoms with Crippen molar-refractivity contribution in [2.75, 3.05) is 0 Å². The summed E-state index contributed by atoms with van der Waals surface area (Å²) in [7, 11) is 0. The molecule has 0 amide bonds. The summed E-state index contributed by atoms with van der Waals surface area (Å²) in [5.41, 5.74) is 2.79. The van der Waals surface area contributed by atoms with Gasteiger partial charge in [-0.25, -0.2) is 0 Å². The molecule has 2 aliphatic rings. The van der Waals surface area contributed by atoms with Crippen LogP contribution in [0.5, 0.6) is 0 Å². The number of allylic oxidation sites excluding steroid dienone is 3. The van der Waals surface area contributed by atoms with E-state index in [1.54, 1.807) is 6.07 Å². The van der Waals surface area contributed by atoms with Crippen LogP contribution in [0, 0.1) is 5.41 Å². The third-order valence-corrected chi connectivity index (χ3v) is 5.02. The van der Waals surface area contributed by atoms with Gasteiger partial charge >= 0.3 is 0 Å². The minimum atomic E-state index is -0.422. The van der Waals surface area contributed by atoms with Crippen molar-refractivity contribution >= 4 is 11.6 Å². The molecule has 0 fully saturated rings. The van der Waals surface area contributed by atoms with E-state index < -0.39 is 6.10 Å². The third kappa shape index (κ3) is 2.17. The third-order valence-electron chi connectivity index (χ3n) is 5.02. The highest BCUT2D eigenvalue weighted by molar-refractivity contribution is 6.22. The summed E-state index contributed by atoms with van der Waals surface area (Å²) in [5, 5.41) is 10.3. The van der Waals surface area contributed by atoms with Crippen LogP contribution in [0.1, 0.15) is 59.4 Å². The molecule has 0 heterocycles. The minimum Gasteiger partial charge on any atom is -0.392 e. The Morgan fingerprint density at radius 1 is 1.09 bits per heavy atom. The van der Waals surface area contributed by atoms with E-state index in [0.29, 0.717) is 17.5 Å². The van der Waals surface area contributed by atoms with Gasteiger partial charge in [0.15, 0.2) is 11.6 Å². The first-order valence-electron chi connectivity index (χ1n) is 7.58.